The highest BCUT2D eigenvalue weighted by molar-refractivity contribution is 5.85. The molecule has 6 heteroatoms. The Morgan fingerprint density at radius 3 is 2.58 bits per heavy atom. The molecule has 0 aliphatic heterocycles. The molecule has 0 aliphatic rings. The quantitative estimate of drug-likeness (QED) is 0.586. The summed E-state index contributed by atoms with van der Waals surface area (Å²) in [5.74, 6) is 1.46. The SMILES string of the molecule is COc1cc(CNCCOCCO)ccc1OCc1cccc(C)c1.Cl. The zero-order valence-corrected chi connectivity index (χ0v) is 16.2. The van der Waals surface area contributed by atoms with Gasteiger partial charge in [-0.15, -0.1) is 12.4 Å². The van der Waals surface area contributed by atoms with Crippen molar-refractivity contribution >= 4 is 12.4 Å². The van der Waals surface area contributed by atoms with Crippen molar-refractivity contribution in [2.24, 2.45) is 0 Å². The Bertz CT molecular complexity index is 651. The van der Waals surface area contributed by atoms with Crippen LogP contribution in [0, 0.1) is 6.92 Å². The standard InChI is InChI=1S/C20H27NO4.ClH/c1-16-4-3-5-18(12-16)15-25-19-7-6-17(13-20(19)23-2)14-21-8-10-24-11-9-22;/h3-7,12-13,21-22H,8-11,14-15H2,1-2H3;1H. The second-order valence-corrected chi connectivity index (χ2v) is 5.78. The van der Waals surface area contributed by atoms with Crippen LogP contribution >= 0.6 is 12.4 Å². The Morgan fingerprint density at radius 1 is 1.00 bits per heavy atom. The van der Waals surface area contributed by atoms with E-state index in [2.05, 4.69) is 30.4 Å². The molecule has 0 radical (unpaired) electrons. The number of aryl methyl sites for hydroxylation is 1. The number of hydrogen-bond donors (Lipinski definition) is 2. The van der Waals surface area contributed by atoms with Crippen LogP contribution in [-0.2, 0) is 17.9 Å². The van der Waals surface area contributed by atoms with Gasteiger partial charge in [-0.3, -0.25) is 0 Å². The van der Waals surface area contributed by atoms with Gasteiger partial charge in [0.25, 0.3) is 0 Å². The smallest absolute Gasteiger partial charge is 0.161 e. The van der Waals surface area contributed by atoms with E-state index in [9.17, 15) is 0 Å². The van der Waals surface area contributed by atoms with Crippen molar-refractivity contribution in [1.29, 1.82) is 0 Å². The number of rotatable bonds is 11. The molecule has 0 aromatic heterocycles. The van der Waals surface area contributed by atoms with Crippen molar-refractivity contribution < 1.29 is 19.3 Å². The lowest BCUT2D eigenvalue weighted by Crippen LogP contribution is -2.20. The summed E-state index contributed by atoms with van der Waals surface area (Å²) in [6.45, 7) is 5.04. The topological polar surface area (TPSA) is 60.0 Å². The van der Waals surface area contributed by atoms with Crippen LogP contribution < -0.4 is 14.8 Å². The average molecular weight is 382 g/mol. The lowest BCUT2D eigenvalue weighted by atomic mass is 10.1. The molecule has 0 saturated carbocycles. The first-order valence-electron chi connectivity index (χ1n) is 8.47. The number of benzene rings is 2. The summed E-state index contributed by atoms with van der Waals surface area (Å²) >= 11 is 0. The highest BCUT2D eigenvalue weighted by Gasteiger charge is 2.06. The first kappa shape index (κ1) is 22.3. The molecule has 2 rings (SSSR count). The minimum atomic E-state index is 0. The van der Waals surface area contributed by atoms with E-state index in [4.69, 9.17) is 19.3 Å². The molecular weight excluding hydrogens is 354 g/mol. The number of hydrogen-bond acceptors (Lipinski definition) is 5. The van der Waals surface area contributed by atoms with E-state index in [1.807, 2.05) is 24.3 Å². The van der Waals surface area contributed by atoms with Gasteiger partial charge in [-0.2, -0.15) is 0 Å². The van der Waals surface area contributed by atoms with E-state index in [1.54, 1.807) is 7.11 Å². The monoisotopic (exact) mass is 381 g/mol. The Balaban J connectivity index is 0.00000338. The molecule has 26 heavy (non-hydrogen) atoms. The Kier molecular flexibility index (Phi) is 10.7. The maximum Gasteiger partial charge on any atom is 0.161 e. The van der Waals surface area contributed by atoms with E-state index in [0.29, 0.717) is 19.8 Å². The number of halogens is 1. The van der Waals surface area contributed by atoms with Gasteiger partial charge in [-0.1, -0.05) is 35.9 Å². The van der Waals surface area contributed by atoms with Crippen LogP contribution in [0.3, 0.4) is 0 Å². The molecular formula is C20H28ClNO4. The molecule has 5 nitrogen and oxygen atoms in total. The lowest BCUT2D eigenvalue weighted by Gasteiger charge is -2.13. The van der Waals surface area contributed by atoms with Gasteiger partial charge in [0.15, 0.2) is 11.5 Å². The first-order chi connectivity index (χ1) is 12.2. The molecule has 0 fully saturated rings. The van der Waals surface area contributed by atoms with Gasteiger partial charge in [0.2, 0.25) is 0 Å². The number of nitrogens with one attached hydrogen (secondary N) is 1. The van der Waals surface area contributed by atoms with Gasteiger partial charge in [0.1, 0.15) is 6.61 Å². The van der Waals surface area contributed by atoms with Gasteiger partial charge < -0.3 is 24.6 Å². The second kappa shape index (κ2) is 12.5. The van der Waals surface area contributed by atoms with Crippen LogP contribution in [0.1, 0.15) is 16.7 Å². The maximum absolute atomic E-state index is 8.64. The Labute approximate surface area is 161 Å². The largest absolute Gasteiger partial charge is 0.493 e. The van der Waals surface area contributed by atoms with E-state index in [-0.39, 0.29) is 19.0 Å². The number of aliphatic hydroxyl groups excluding tert-OH is 1. The normalized spacial score (nSPS) is 10.3. The van der Waals surface area contributed by atoms with E-state index < -0.39 is 0 Å². The molecule has 0 saturated heterocycles. The molecule has 2 aromatic carbocycles. The van der Waals surface area contributed by atoms with E-state index in [0.717, 1.165) is 35.7 Å². The van der Waals surface area contributed by atoms with Crippen molar-refractivity contribution in [2.45, 2.75) is 20.1 Å². The third-order valence-electron chi connectivity index (χ3n) is 3.69. The van der Waals surface area contributed by atoms with Crippen LogP contribution in [0.5, 0.6) is 11.5 Å². The minimum absolute atomic E-state index is 0. The summed E-state index contributed by atoms with van der Waals surface area (Å²) < 4.78 is 16.6. The van der Waals surface area contributed by atoms with Crippen molar-refractivity contribution in [3.63, 3.8) is 0 Å². The number of ether oxygens (including phenoxy) is 3. The Morgan fingerprint density at radius 2 is 1.85 bits per heavy atom. The van der Waals surface area contributed by atoms with Crippen LogP contribution in [0.4, 0.5) is 0 Å². The zero-order chi connectivity index (χ0) is 17.9. The molecule has 0 aliphatic carbocycles. The first-order valence-corrected chi connectivity index (χ1v) is 8.47. The highest BCUT2D eigenvalue weighted by Crippen LogP contribution is 2.28. The third kappa shape index (κ3) is 7.62. The average Bonchev–Trinajstić information content (AvgIpc) is 2.63. The van der Waals surface area contributed by atoms with Crippen molar-refractivity contribution in [3.8, 4) is 11.5 Å². The fourth-order valence-corrected chi connectivity index (χ4v) is 2.45. The summed E-state index contributed by atoms with van der Waals surface area (Å²) in [6, 6.07) is 14.2. The van der Waals surface area contributed by atoms with Crippen molar-refractivity contribution in [3.05, 3.63) is 59.2 Å². The fraction of sp³-hybridized carbons (Fsp3) is 0.400. The molecule has 144 valence electrons. The number of methoxy groups -OCH3 is 1. The van der Waals surface area contributed by atoms with Gasteiger partial charge in [-0.25, -0.2) is 0 Å². The molecule has 0 heterocycles. The van der Waals surface area contributed by atoms with Crippen LogP contribution in [0.2, 0.25) is 0 Å². The van der Waals surface area contributed by atoms with Crippen LogP contribution in [0.15, 0.2) is 42.5 Å². The second-order valence-electron chi connectivity index (χ2n) is 5.78. The lowest BCUT2D eigenvalue weighted by molar-refractivity contribution is 0.0938. The molecule has 0 bridgehead atoms. The molecule has 2 N–H and O–H groups in total. The predicted octanol–water partition coefficient (Wildman–Crippen LogP) is 3.10. The van der Waals surface area contributed by atoms with E-state index >= 15 is 0 Å². The molecule has 0 unspecified atom stereocenters. The van der Waals surface area contributed by atoms with Crippen LogP contribution in [0.25, 0.3) is 0 Å². The van der Waals surface area contributed by atoms with Gasteiger partial charge >= 0.3 is 0 Å². The maximum atomic E-state index is 8.64. The third-order valence-corrected chi connectivity index (χ3v) is 3.69. The van der Waals surface area contributed by atoms with Crippen LogP contribution in [-0.4, -0.2) is 38.6 Å². The zero-order valence-electron chi connectivity index (χ0n) is 15.4. The summed E-state index contributed by atoms with van der Waals surface area (Å²) in [4.78, 5) is 0. The molecule has 2 aromatic rings. The van der Waals surface area contributed by atoms with Gasteiger partial charge in [0.05, 0.1) is 26.9 Å². The summed E-state index contributed by atoms with van der Waals surface area (Å²) in [6.07, 6.45) is 0. The summed E-state index contributed by atoms with van der Waals surface area (Å²) in [5.41, 5.74) is 3.47. The highest BCUT2D eigenvalue weighted by atomic mass is 35.5. The Hall–Kier alpha value is -1.79. The molecule has 0 spiro atoms. The summed E-state index contributed by atoms with van der Waals surface area (Å²) in [5, 5.41) is 11.9. The minimum Gasteiger partial charge on any atom is -0.493 e. The predicted molar refractivity (Wildman–Crippen MR) is 105 cm³/mol. The fourth-order valence-electron chi connectivity index (χ4n) is 2.45. The molecule has 0 atom stereocenters. The number of aliphatic hydroxyl groups is 1. The van der Waals surface area contributed by atoms with Gasteiger partial charge in [0, 0.05) is 13.1 Å². The van der Waals surface area contributed by atoms with E-state index in [1.165, 1.54) is 5.56 Å². The van der Waals surface area contributed by atoms with Crippen molar-refractivity contribution in [2.75, 3.05) is 33.5 Å². The molecule has 0 amide bonds. The summed E-state index contributed by atoms with van der Waals surface area (Å²) in [7, 11) is 1.65. The van der Waals surface area contributed by atoms with Crippen molar-refractivity contribution in [1.82, 2.24) is 5.32 Å². The van der Waals surface area contributed by atoms with Gasteiger partial charge in [-0.05, 0) is 30.2 Å².